The van der Waals surface area contributed by atoms with Gasteiger partial charge in [0.05, 0.1) is 11.8 Å². The molecule has 116 valence electrons. The molecule has 1 aromatic heterocycles. The number of rotatable bonds is 4. The number of amides is 2. The fraction of sp³-hybridized carbons (Fsp3) is 0.538. The maximum atomic E-state index is 12.0. The summed E-state index contributed by atoms with van der Waals surface area (Å²) in [6.45, 7) is -1.33. The van der Waals surface area contributed by atoms with E-state index in [9.17, 15) is 22.8 Å². The second-order valence-corrected chi connectivity index (χ2v) is 5.03. The number of halogens is 3. The highest BCUT2D eigenvalue weighted by molar-refractivity contribution is 5.94. The van der Waals surface area contributed by atoms with Crippen molar-refractivity contribution >= 4 is 11.8 Å². The summed E-state index contributed by atoms with van der Waals surface area (Å²) in [6, 6.07) is 1.30. The van der Waals surface area contributed by atoms with Crippen LogP contribution in [0.25, 0.3) is 0 Å². The van der Waals surface area contributed by atoms with Gasteiger partial charge in [0.2, 0.25) is 5.91 Å². The van der Waals surface area contributed by atoms with Crippen LogP contribution in [0, 0.1) is 5.92 Å². The number of furan rings is 1. The van der Waals surface area contributed by atoms with Crippen LogP contribution in [0.3, 0.4) is 0 Å². The lowest BCUT2D eigenvalue weighted by Crippen LogP contribution is -2.38. The maximum absolute atomic E-state index is 12.0. The Kier molecular flexibility index (Phi) is 4.54. The molecule has 1 aliphatic rings. The third-order valence-corrected chi connectivity index (χ3v) is 3.39. The van der Waals surface area contributed by atoms with E-state index in [2.05, 4.69) is 5.32 Å². The molecule has 1 aromatic rings. The molecule has 2 rings (SSSR count). The molecule has 0 aliphatic heterocycles. The zero-order valence-corrected chi connectivity index (χ0v) is 11.1. The molecule has 1 heterocycles. The first-order chi connectivity index (χ1) is 9.85. The van der Waals surface area contributed by atoms with Crippen LogP contribution in [0.5, 0.6) is 0 Å². The van der Waals surface area contributed by atoms with Crippen LogP contribution in [0.4, 0.5) is 13.2 Å². The number of carbonyl (C=O) groups is 2. The lowest BCUT2D eigenvalue weighted by atomic mass is 10.1. The summed E-state index contributed by atoms with van der Waals surface area (Å²) in [4.78, 5) is 23.4. The SMILES string of the molecule is O=C(N[C@@H]1CC[C@H](C(=O)NCC(F)(F)F)C1)c1ccoc1. The smallest absolute Gasteiger partial charge is 0.405 e. The Morgan fingerprint density at radius 3 is 2.71 bits per heavy atom. The fourth-order valence-electron chi connectivity index (χ4n) is 2.34. The topological polar surface area (TPSA) is 71.3 Å². The van der Waals surface area contributed by atoms with Gasteiger partial charge in [-0.25, -0.2) is 0 Å². The van der Waals surface area contributed by atoms with Crippen LogP contribution in [0.1, 0.15) is 29.6 Å². The largest absolute Gasteiger partial charge is 0.472 e. The van der Waals surface area contributed by atoms with Crippen molar-refractivity contribution in [1.29, 1.82) is 0 Å². The van der Waals surface area contributed by atoms with Gasteiger partial charge in [0, 0.05) is 12.0 Å². The lowest BCUT2D eigenvalue weighted by Gasteiger charge is -2.14. The molecule has 2 N–H and O–H groups in total. The van der Waals surface area contributed by atoms with Gasteiger partial charge in [-0.05, 0) is 25.3 Å². The van der Waals surface area contributed by atoms with Crippen LogP contribution >= 0.6 is 0 Å². The molecule has 0 radical (unpaired) electrons. The fourth-order valence-corrected chi connectivity index (χ4v) is 2.34. The molecule has 1 aliphatic carbocycles. The van der Waals surface area contributed by atoms with E-state index in [4.69, 9.17) is 4.42 Å². The van der Waals surface area contributed by atoms with Crippen LogP contribution in [0.2, 0.25) is 0 Å². The summed E-state index contributed by atoms with van der Waals surface area (Å²) in [5.41, 5.74) is 0.375. The highest BCUT2D eigenvalue weighted by Crippen LogP contribution is 2.26. The van der Waals surface area contributed by atoms with Gasteiger partial charge >= 0.3 is 6.18 Å². The van der Waals surface area contributed by atoms with Crippen molar-refractivity contribution in [1.82, 2.24) is 10.6 Å². The summed E-state index contributed by atoms with van der Waals surface area (Å²) in [6.07, 6.45) is -0.376. The predicted octanol–water partition coefficient (Wildman–Crippen LogP) is 1.86. The van der Waals surface area contributed by atoms with E-state index in [-0.39, 0.29) is 11.9 Å². The molecule has 1 fully saturated rings. The molecular weight excluding hydrogens is 289 g/mol. The molecule has 2 amide bonds. The molecule has 0 spiro atoms. The number of nitrogens with one attached hydrogen (secondary N) is 2. The average Bonchev–Trinajstić information content (AvgIpc) is 3.05. The Hall–Kier alpha value is -1.99. The molecule has 21 heavy (non-hydrogen) atoms. The molecular formula is C13H15F3N2O3. The Morgan fingerprint density at radius 2 is 2.10 bits per heavy atom. The molecule has 2 atom stereocenters. The average molecular weight is 304 g/mol. The highest BCUT2D eigenvalue weighted by Gasteiger charge is 2.33. The first kappa shape index (κ1) is 15.4. The number of hydrogen-bond donors (Lipinski definition) is 2. The summed E-state index contributed by atoms with van der Waals surface area (Å²) in [5.74, 6) is -1.43. The molecule has 0 aromatic carbocycles. The zero-order valence-electron chi connectivity index (χ0n) is 11.1. The summed E-state index contributed by atoms with van der Waals surface area (Å²) < 4.78 is 40.9. The van der Waals surface area contributed by atoms with Gasteiger partial charge < -0.3 is 15.1 Å². The second-order valence-electron chi connectivity index (χ2n) is 5.03. The third kappa shape index (κ3) is 4.51. The quantitative estimate of drug-likeness (QED) is 0.892. The number of carbonyl (C=O) groups excluding carboxylic acids is 2. The summed E-state index contributed by atoms with van der Waals surface area (Å²) in [5, 5.41) is 4.61. The van der Waals surface area contributed by atoms with E-state index in [1.807, 2.05) is 5.32 Å². The van der Waals surface area contributed by atoms with Gasteiger partial charge in [-0.3, -0.25) is 9.59 Å². The van der Waals surface area contributed by atoms with E-state index >= 15 is 0 Å². The van der Waals surface area contributed by atoms with E-state index in [0.29, 0.717) is 24.8 Å². The Morgan fingerprint density at radius 1 is 1.33 bits per heavy atom. The highest BCUT2D eigenvalue weighted by atomic mass is 19.4. The minimum Gasteiger partial charge on any atom is -0.472 e. The molecule has 8 heteroatoms. The van der Waals surface area contributed by atoms with E-state index in [1.54, 1.807) is 0 Å². The summed E-state index contributed by atoms with van der Waals surface area (Å²) in [7, 11) is 0. The molecule has 0 saturated heterocycles. The van der Waals surface area contributed by atoms with Gasteiger partial charge in [0.25, 0.3) is 5.91 Å². The normalized spacial score (nSPS) is 22.0. The first-order valence-electron chi connectivity index (χ1n) is 6.52. The molecule has 0 bridgehead atoms. The zero-order chi connectivity index (χ0) is 15.5. The van der Waals surface area contributed by atoms with E-state index < -0.39 is 24.5 Å². The Balaban J connectivity index is 1.78. The van der Waals surface area contributed by atoms with Crippen molar-refractivity contribution in [3.8, 4) is 0 Å². The van der Waals surface area contributed by atoms with Crippen LogP contribution in [0.15, 0.2) is 23.0 Å². The van der Waals surface area contributed by atoms with Crippen LogP contribution < -0.4 is 10.6 Å². The van der Waals surface area contributed by atoms with Crippen molar-refractivity contribution in [3.63, 3.8) is 0 Å². The van der Waals surface area contributed by atoms with Crippen molar-refractivity contribution < 1.29 is 27.2 Å². The number of hydrogen-bond acceptors (Lipinski definition) is 3. The van der Waals surface area contributed by atoms with Crippen molar-refractivity contribution in [2.45, 2.75) is 31.5 Å². The standard InChI is InChI=1S/C13H15F3N2O3/c14-13(15,16)7-17-11(19)8-1-2-10(5-8)18-12(20)9-3-4-21-6-9/h3-4,6,8,10H,1-2,5,7H2,(H,17,19)(H,18,20)/t8-,10+/m0/s1. The van der Waals surface area contributed by atoms with Crippen molar-refractivity contribution in [2.75, 3.05) is 6.54 Å². The minimum absolute atomic E-state index is 0.214. The monoisotopic (exact) mass is 304 g/mol. The first-order valence-corrected chi connectivity index (χ1v) is 6.52. The van der Waals surface area contributed by atoms with Crippen LogP contribution in [-0.4, -0.2) is 30.6 Å². The molecule has 5 nitrogen and oxygen atoms in total. The van der Waals surface area contributed by atoms with E-state index in [1.165, 1.54) is 18.6 Å². The minimum atomic E-state index is -4.41. The van der Waals surface area contributed by atoms with Crippen LogP contribution in [-0.2, 0) is 4.79 Å². The third-order valence-electron chi connectivity index (χ3n) is 3.39. The summed E-state index contributed by atoms with van der Waals surface area (Å²) >= 11 is 0. The second kappa shape index (κ2) is 6.19. The van der Waals surface area contributed by atoms with Gasteiger partial charge in [-0.2, -0.15) is 13.2 Å². The lowest BCUT2D eigenvalue weighted by molar-refractivity contribution is -0.140. The van der Waals surface area contributed by atoms with Gasteiger partial charge in [0.1, 0.15) is 12.8 Å². The predicted molar refractivity (Wildman–Crippen MR) is 66.4 cm³/mol. The van der Waals surface area contributed by atoms with Gasteiger partial charge in [-0.15, -0.1) is 0 Å². The Bertz CT molecular complexity index is 499. The maximum Gasteiger partial charge on any atom is 0.405 e. The van der Waals surface area contributed by atoms with Crippen molar-refractivity contribution in [3.05, 3.63) is 24.2 Å². The van der Waals surface area contributed by atoms with E-state index in [0.717, 1.165) is 0 Å². The van der Waals surface area contributed by atoms with Crippen molar-refractivity contribution in [2.24, 2.45) is 5.92 Å². The molecule has 0 unspecified atom stereocenters. The molecule has 1 saturated carbocycles. The number of alkyl halides is 3. The van der Waals surface area contributed by atoms with Gasteiger partial charge in [0.15, 0.2) is 0 Å². The Labute approximate surface area is 118 Å². The van der Waals surface area contributed by atoms with Gasteiger partial charge in [-0.1, -0.05) is 0 Å².